The third-order valence-corrected chi connectivity index (χ3v) is 5.25. The maximum absolute atomic E-state index is 12.3. The van der Waals surface area contributed by atoms with Crippen molar-refractivity contribution in [3.05, 3.63) is 29.2 Å². The number of methoxy groups -OCH3 is 2. The molecule has 25 heavy (non-hydrogen) atoms. The lowest BCUT2D eigenvalue weighted by molar-refractivity contribution is 0.256. The second-order valence-corrected chi connectivity index (χ2v) is 7.00. The van der Waals surface area contributed by atoms with E-state index in [1.165, 1.54) is 26.4 Å². The van der Waals surface area contributed by atoms with Gasteiger partial charge in [-0.25, -0.2) is 17.9 Å². The molecular formula is C14H16N4O5S2. The Morgan fingerprint density at radius 2 is 1.84 bits per heavy atom. The third-order valence-electron chi connectivity index (χ3n) is 3.14. The molecule has 0 saturated carbocycles. The van der Waals surface area contributed by atoms with Crippen molar-refractivity contribution in [3.8, 4) is 11.8 Å². The first kappa shape index (κ1) is 18.8. The summed E-state index contributed by atoms with van der Waals surface area (Å²) in [5, 5.41) is 2.21. The highest BCUT2D eigenvalue weighted by Gasteiger charge is 2.27. The molecule has 9 nitrogen and oxygen atoms in total. The van der Waals surface area contributed by atoms with Gasteiger partial charge in [0.1, 0.15) is 4.91 Å². The van der Waals surface area contributed by atoms with Crippen LogP contribution >= 0.6 is 12.2 Å². The molecule has 0 radical (unpaired) electrons. The molecule has 1 aliphatic rings. The van der Waals surface area contributed by atoms with Crippen molar-refractivity contribution in [3.63, 3.8) is 0 Å². The summed E-state index contributed by atoms with van der Waals surface area (Å²) in [5.74, 6) is -0.127. The normalized spacial score (nSPS) is 16.8. The number of sulfonamides is 1. The predicted octanol–water partition coefficient (Wildman–Crippen LogP) is 1.40. The average molecular weight is 384 g/mol. The van der Waals surface area contributed by atoms with Gasteiger partial charge in [0.15, 0.2) is 0 Å². The molecule has 0 spiro atoms. The quantitative estimate of drug-likeness (QED) is 0.731. The van der Waals surface area contributed by atoms with E-state index >= 15 is 0 Å². The number of nitrogens with zero attached hydrogens (tertiary/aromatic N) is 2. The van der Waals surface area contributed by atoms with E-state index in [0.717, 1.165) is 0 Å². The van der Waals surface area contributed by atoms with E-state index in [4.69, 9.17) is 21.7 Å². The van der Waals surface area contributed by atoms with Gasteiger partial charge in [-0.05, 0) is 6.08 Å². The zero-order valence-electron chi connectivity index (χ0n) is 13.6. The number of aromatic nitrogens is 2. The highest BCUT2D eigenvalue weighted by atomic mass is 32.2. The molecule has 0 aliphatic heterocycles. The minimum atomic E-state index is -4.13. The van der Waals surface area contributed by atoms with Crippen LogP contribution in [0, 0.1) is 5.92 Å². The number of urea groups is 1. The van der Waals surface area contributed by atoms with Gasteiger partial charge in [-0.2, -0.15) is 9.97 Å². The van der Waals surface area contributed by atoms with Gasteiger partial charge in [0, 0.05) is 10.8 Å². The zero-order valence-corrected chi connectivity index (χ0v) is 15.3. The fourth-order valence-corrected chi connectivity index (χ4v) is 3.49. The van der Waals surface area contributed by atoms with Gasteiger partial charge >= 0.3 is 6.03 Å². The maximum Gasteiger partial charge on any atom is 0.335 e. The molecule has 2 rings (SSSR count). The number of allylic oxidation sites excluding steroid dienone is 4. The van der Waals surface area contributed by atoms with Crippen molar-refractivity contribution in [2.75, 3.05) is 19.5 Å². The molecule has 0 aromatic carbocycles. The van der Waals surface area contributed by atoms with Gasteiger partial charge < -0.3 is 9.47 Å². The summed E-state index contributed by atoms with van der Waals surface area (Å²) in [6, 6.07) is 0.361. The van der Waals surface area contributed by atoms with E-state index in [9.17, 15) is 13.2 Å². The first-order chi connectivity index (χ1) is 11.8. The molecule has 1 atom stereocenters. The Morgan fingerprint density at radius 1 is 1.24 bits per heavy atom. The molecule has 0 saturated heterocycles. The van der Waals surface area contributed by atoms with Gasteiger partial charge in [0.25, 0.3) is 10.0 Å². The molecular weight excluding hydrogens is 368 g/mol. The molecule has 0 bridgehead atoms. The van der Waals surface area contributed by atoms with E-state index in [-0.39, 0.29) is 33.4 Å². The Labute approximate surface area is 150 Å². The number of nitrogens with one attached hydrogen (secondary N) is 2. The summed E-state index contributed by atoms with van der Waals surface area (Å²) in [4.78, 5) is 19.9. The summed E-state index contributed by atoms with van der Waals surface area (Å²) in [7, 11) is -1.38. The van der Waals surface area contributed by atoms with Crippen LogP contribution in [0.5, 0.6) is 11.8 Å². The summed E-state index contributed by atoms with van der Waals surface area (Å²) < 4.78 is 36.4. The number of carbonyl (C=O) groups excluding carboxylic acids is 1. The van der Waals surface area contributed by atoms with Crippen LogP contribution in [0.2, 0.25) is 0 Å². The van der Waals surface area contributed by atoms with Crippen LogP contribution in [0.3, 0.4) is 0 Å². The van der Waals surface area contributed by atoms with Crippen molar-refractivity contribution in [1.82, 2.24) is 14.7 Å². The smallest absolute Gasteiger partial charge is 0.335 e. The number of carbonyl (C=O) groups is 1. The summed E-state index contributed by atoms with van der Waals surface area (Å²) in [6.45, 7) is 1.76. The Morgan fingerprint density at radius 3 is 2.40 bits per heavy atom. The second-order valence-electron chi connectivity index (χ2n) is 4.90. The van der Waals surface area contributed by atoms with Gasteiger partial charge in [0.2, 0.25) is 17.7 Å². The summed E-state index contributed by atoms with van der Waals surface area (Å²) in [6.07, 6.45) is 4.67. The molecule has 1 aromatic rings. The molecule has 11 heteroatoms. The lowest BCUT2D eigenvalue weighted by Gasteiger charge is -2.17. The number of hydrogen-bond acceptors (Lipinski definition) is 8. The SMILES string of the molecule is COc1cc(OC)nc(NC(=O)NS(=O)(=O)C2=CC=CC(C)C2=S)n1. The average Bonchev–Trinajstić information content (AvgIpc) is 2.56. The van der Waals surface area contributed by atoms with Crippen molar-refractivity contribution in [2.45, 2.75) is 6.92 Å². The van der Waals surface area contributed by atoms with Crippen LogP contribution < -0.4 is 19.5 Å². The molecule has 134 valence electrons. The highest BCUT2D eigenvalue weighted by molar-refractivity contribution is 7.97. The third kappa shape index (κ3) is 4.51. The largest absolute Gasteiger partial charge is 0.481 e. The molecule has 2 amide bonds. The highest BCUT2D eigenvalue weighted by Crippen LogP contribution is 2.20. The van der Waals surface area contributed by atoms with Crippen molar-refractivity contribution < 1.29 is 22.7 Å². The number of ether oxygens (including phenoxy) is 2. The summed E-state index contributed by atoms with van der Waals surface area (Å²) in [5.41, 5.74) is 0. The van der Waals surface area contributed by atoms with E-state index in [1.54, 1.807) is 19.1 Å². The number of hydrogen-bond donors (Lipinski definition) is 2. The molecule has 1 aliphatic carbocycles. The summed E-state index contributed by atoms with van der Waals surface area (Å²) >= 11 is 5.12. The number of thiocarbonyl (C=S) groups is 1. The van der Waals surface area contributed by atoms with Crippen LogP contribution in [0.15, 0.2) is 29.2 Å². The fraction of sp³-hybridized carbons (Fsp3) is 0.286. The maximum atomic E-state index is 12.3. The van der Waals surface area contributed by atoms with Crippen molar-refractivity contribution in [2.24, 2.45) is 5.92 Å². The van der Waals surface area contributed by atoms with Crippen molar-refractivity contribution >= 4 is 39.1 Å². The van der Waals surface area contributed by atoms with Gasteiger partial charge in [-0.1, -0.05) is 31.3 Å². The zero-order chi connectivity index (χ0) is 18.6. The van der Waals surface area contributed by atoms with Crippen LogP contribution in [0.1, 0.15) is 6.92 Å². The molecule has 0 fully saturated rings. The number of rotatable bonds is 5. The van der Waals surface area contributed by atoms with E-state index in [1.807, 2.05) is 4.72 Å². The lowest BCUT2D eigenvalue weighted by atomic mass is 10.0. The van der Waals surface area contributed by atoms with E-state index < -0.39 is 16.1 Å². The molecule has 1 heterocycles. The van der Waals surface area contributed by atoms with E-state index in [2.05, 4.69) is 15.3 Å². The van der Waals surface area contributed by atoms with E-state index in [0.29, 0.717) is 0 Å². The monoisotopic (exact) mass is 384 g/mol. The Hall–Kier alpha value is -2.53. The van der Waals surface area contributed by atoms with Crippen LogP contribution in [-0.2, 0) is 10.0 Å². The standard InChI is InChI=1S/C14H16N4O5S2/c1-8-5-4-6-9(12(8)24)25(20,21)18-14(19)17-13-15-10(22-2)7-11(16-13)23-3/h4-8H,1-3H3,(H2,15,16,17,18,19). The van der Waals surface area contributed by atoms with Crippen LogP contribution in [-0.4, -0.2) is 43.5 Å². The molecule has 1 unspecified atom stereocenters. The van der Waals surface area contributed by atoms with Crippen LogP contribution in [0.25, 0.3) is 0 Å². The van der Waals surface area contributed by atoms with Gasteiger partial charge in [-0.15, -0.1) is 0 Å². The Bertz CT molecular complexity index is 842. The minimum Gasteiger partial charge on any atom is -0.481 e. The number of amides is 2. The second kappa shape index (κ2) is 7.57. The van der Waals surface area contributed by atoms with Crippen LogP contribution in [0.4, 0.5) is 10.7 Å². The lowest BCUT2D eigenvalue weighted by Crippen LogP contribution is -2.38. The van der Waals surface area contributed by atoms with Crippen molar-refractivity contribution in [1.29, 1.82) is 0 Å². The minimum absolute atomic E-state index is 0.128. The first-order valence-electron chi connectivity index (χ1n) is 7.00. The predicted molar refractivity (Wildman–Crippen MR) is 95.2 cm³/mol. The van der Waals surface area contributed by atoms with Gasteiger partial charge in [-0.3, -0.25) is 5.32 Å². The fourth-order valence-electron chi connectivity index (χ4n) is 1.90. The molecule has 2 N–H and O–H groups in total. The van der Waals surface area contributed by atoms with Gasteiger partial charge in [0.05, 0.1) is 20.3 Å². The topological polar surface area (TPSA) is 120 Å². The number of anilines is 1. The Balaban J connectivity index is 2.16. The first-order valence-corrected chi connectivity index (χ1v) is 8.89. The molecule has 1 aromatic heterocycles. The Kier molecular flexibility index (Phi) is 5.69.